The van der Waals surface area contributed by atoms with Crippen LogP contribution in [0, 0.1) is 0 Å². The van der Waals surface area contributed by atoms with Gasteiger partial charge in [-0.2, -0.15) is 0 Å². The largest absolute Gasteiger partial charge is 0.497 e. The smallest absolute Gasteiger partial charge is 0.329 e. The van der Waals surface area contributed by atoms with Gasteiger partial charge in [-0.1, -0.05) is 31.9 Å². The molecular formula is C23H25N3O4. The molecule has 2 aromatic heterocycles. The van der Waals surface area contributed by atoms with Crippen molar-refractivity contribution in [3.05, 3.63) is 68.0 Å². The molecule has 0 fully saturated rings. The molecule has 2 heterocycles. The van der Waals surface area contributed by atoms with E-state index in [4.69, 9.17) is 4.74 Å². The highest BCUT2D eigenvalue weighted by Crippen LogP contribution is 2.35. The number of methoxy groups -OCH3 is 1. The molecule has 0 spiro atoms. The standard InChI is InChI=1S/C23H25N3O4/c1-3-4-5-10-26-21-20(22(28)25-23(26)29)17-11-15(12-19(27)18(17)13-24-21)14-6-8-16(30-2)9-7-14/h6-9,13,15H,3-5,10-12H2,1-2H3,(H,25,28,29). The van der Waals surface area contributed by atoms with Crippen LogP contribution in [0.3, 0.4) is 0 Å². The Morgan fingerprint density at radius 2 is 1.90 bits per heavy atom. The average molecular weight is 407 g/mol. The molecule has 1 unspecified atom stereocenters. The molecular weight excluding hydrogens is 382 g/mol. The van der Waals surface area contributed by atoms with E-state index in [2.05, 4.69) is 16.9 Å². The number of aromatic nitrogens is 3. The second kappa shape index (κ2) is 8.26. The maximum atomic E-state index is 12.9. The maximum absolute atomic E-state index is 12.9. The second-order valence-corrected chi connectivity index (χ2v) is 7.77. The number of carbonyl (C=O) groups excluding carboxylic acids is 1. The van der Waals surface area contributed by atoms with Crippen LogP contribution in [0.1, 0.15) is 60.0 Å². The van der Waals surface area contributed by atoms with E-state index in [1.165, 1.54) is 10.8 Å². The van der Waals surface area contributed by atoms with Crippen molar-refractivity contribution in [1.82, 2.24) is 14.5 Å². The first kappa shape index (κ1) is 20.1. The van der Waals surface area contributed by atoms with Gasteiger partial charge in [0.1, 0.15) is 11.4 Å². The number of nitrogens with zero attached hydrogens (tertiary/aromatic N) is 2. The summed E-state index contributed by atoms with van der Waals surface area (Å²) in [6.07, 6.45) is 5.26. The van der Waals surface area contributed by atoms with Crippen molar-refractivity contribution in [2.45, 2.75) is 51.5 Å². The van der Waals surface area contributed by atoms with Crippen molar-refractivity contribution in [3.63, 3.8) is 0 Å². The molecule has 30 heavy (non-hydrogen) atoms. The fourth-order valence-corrected chi connectivity index (χ4v) is 4.25. The first-order valence-electron chi connectivity index (χ1n) is 10.3. The van der Waals surface area contributed by atoms with Gasteiger partial charge in [0.25, 0.3) is 5.56 Å². The fourth-order valence-electron chi connectivity index (χ4n) is 4.25. The van der Waals surface area contributed by atoms with E-state index >= 15 is 0 Å². The highest BCUT2D eigenvalue weighted by atomic mass is 16.5. The number of pyridine rings is 1. The molecule has 0 bridgehead atoms. The lowest BCUT2D eigenvalue weighted by Gasteiger charge is -2.25. The van der Waals surface area contributed by atoms with Crippen LogP contribution < -0.4 is 16.0 Å². The van der Waals surface area contributed by atoms with Crippen molar-refractivity contribution >= 4 is 16.8 Å². The molecule has 4 rings (SSSR count). The number of Topliss-reactive ketones (excluding diaryl/α,β-unsaturated/α-hetero) is 1. The van der Waals surface area contributed by atoms with Crippen molar-refractivity contribution in [3.8, 4) is 5.75 Å². The van der Waals surface area contributed by atoms with Crippen molar-refractivity contribution < 1.29 is 9.53 Å². The molecule has 0 aliphatic heterocycles. The molecule has 7 heteroatoms. The molecule has 1 aliphatic carbocycles. The van der Waals surface area contributed by atoms with Crippen LogP contribution in [0.4, 0.5) is 0 Å². The minimum Gasteiger partial charge on any atom is -0.497 e. The number of unbranched alkanes of at least 4 members (excludes halogenated alkanes) is 2. The summed E-state index contributed by atoms with van der Waals surface area (Å²) < 4.78 is 6.74. The third-order valence-electron chi connectivity index (χ3n) is 5.87. The van der Waals surface area contributed by atoms with Gasteiger partial charge in [0.15, 0.2) is 5.78 Å². The Morgan fingerprint density at radius 3 is 2.60 bits per heavy atom. The Morgan fingerprint density at radius 1 is 1.13 bits per heavy atom. The molecule has 156 valence electrons. The highest BCUT2D eigenvalue weighted by Gasteiger charge is 2.30. The molecule has 3 aromatic rings. The number of rotatable bonds is 6. The summed E-state index contributed by atoms with van der Waals surface area (Å²) in [5, 5.41) is 0.357. The van der Waals surface area contributed by atoms with E-state index in [9.17, 15) is 14.4 Å². The lowest BCUT2D eigenvalue weighted by Crippen LogP contribution is -2.33. The predicted molar refractivity (Wildman–Crippen MR) is 115 cm³/mol. The Balaban J connectivity index is 1.82. The average Bonchev–Trinajstić information content (AvgIpc) is 2.75. The number of ether oxygens (including phenoxy) is 1. The number of benzene rings is 1. The van der Waals surface area contributed by atoms with Gasteiger partial charge in [0.2, 0.25) is 0 Å². The van der Waals surface area contributed by atoms with E-state index in [0.717, 1.165) is 30.6 Å². The fraction of sp³-hybridized carbons (Fsp3) is 0.391. The molecule has 7 nitrogen and oxygen atoms in total. The van der Waals surface area contributed by atoms with Gasteiger partial charge >= 0.3 is 5.69 Å². The van der Waals surface area contributed by atoms with Crippen molar-refractivity contribution in [1.29, 1.82) is 0 Å². The van der Waals surface area contributed by atoms with Gasteiger partial charge in [-0.05, 0) is 42.0 Å². The molecule has 1 atom stereocenters. The summed E-state index contributed by atoms with van der Waals surface area (Å²) in [6.45, 7) is 2.58. The molecule has 0 saturated carbocycles. The Kier molecular flexibility index (Phi) is 5.53. The quantitative estimate of drug-likeness (QED) is 0.633. The Bertz CT molecular complexity index is 1210. The number of fused-ring (bicyclic) bond motifs is 3. The third kappa shape index (κ3) is 3.56. The van der Waals surface area contributed by atoms with E-state index in [1.54, 1.807) is 7.11 Å². The van der Waals surface area contributed by atoms with Crippen LogP contribution >= 0.6 is 0 Å². The van der Waals surface area contributed by atoms with E-state index in [-0.39, 0.29) is 11.7 Å². The summed E-state index contributed by atoms with van der Waals surface area (Å²) in [5.74, 6) is 0.680. The number of hydrogen-bond donors (Lipinski definition) is 1. The first-order chi connectivity index (χ1) is 14.5. The SMILES string of the molecule is CCCCCn1c(=O)[nH]c(=O)c2c3c(cnc21)C(=O)CC(c1ccc(OC)cc1)C3. The number of H-pyrrole nitrogens is 1. The third-order valence-corrected chi connectivity index (χ3v) is 5.87. The lowest BCUT2D eigenvalue weighted by molar-refractivity contribution is 0.0964. The molecule has 0 amide bonds. The normalized spacial score (nSPS) is 15.9. The molecule has 0 radical (unpaired) electrons. The number of aryl methyl sites for hydroxylation is 1. The minimum absolute atomic E-state index is 0.0328. The number of carbonyl (C=O) groups is 1. The van der Waals surface area contributed by atoms with Crippen LogP contribution in [0.5, 0.6) is 5.75 Å². The van der Waals surface area contributed by atoms with Gasteiger partial charge in [-0.15, -0.1) is 0 Å². The first-order valence-corrected chi connectivity index (χ1v) is 10.3. The van der Waals surface area contributed by atoms with E-state index < -0.39 is 11.2 Å². The van der Waals surface area contributed by atoms with Gasteiger partial charge in [-0.3, -0.25) is 19.1 Å². The maximum Gasteiger partial charge on any atom is 0.329 e. The van der Waals surface area contributed by atoms with Crippen LogP contribution in [0.2, 0.25) is 0 Å². The Hall–Kier alpha value is -3.22. The summed E-state index contributed by atoms with van der Waals surface area (Å²) >= 11 is 0. The molecule has 0 saturated heterocycles. The van der Waals surface area contributed by atoms with Gasteiger partial charge < -0.3 is 4.74 Å². The van der Waals surface area contributed by atoms with Gasteiger partial charge in [0.05, 0.1) is 12.5 Å². The van der Waals surface area contributed by atoms with Crippen molar-refractivity contribution in [2.75, 3.05) is 7.11 Å². The Labute approximate surface area is 173 Å². The summed E-state index contributed by atoms with van der Waals surface area (Å²) in [6, 6.07) is 7.66. The lowest BCUT2D eigenvalue weighted by atomic mass is 9.79. The van der Waals surface area contributed by atoms with Crippen LogP contribution in [-0.4, -0.2) is 27.4 Å². The summed E-state index contributed by atoms with van der Waals surface area (Å²) in [4.78, 5) is 44.8. The monoisotopic (exact) mass is 407 g/mol. The molecule has 1 aliphatic rings. The van der Waals surface area contributed by atoms with E-state index in [0.29, 0.717) is 41.5 Å². The van der Waals surface area contributed by atoms with Crippen LogP contribution in [0.25, 0.3) is 11.0 Å². The summed E-state index contributed by atoms with van der Waals surface area (Å²) in [5.41, 5.74) is 1.62. The number of aromatic amines is 1. The van der Waals surface area contributed by atoms with Crippen molar-refractivity contribution in [2.24, 2.45) is 0 Å². The van der Waals surface area contributed by atoms with Gasteiger partial charge in [0, 0.05) is 24.7 Å². The second-order valence-electron chi connectivity index (χ2n) is 7.77. The van der Waals surface area contributed by atoms with Crippen LogP contribution in [0.15, 0.2) is 40.1 Å². The zero-order chi connectivity index (χ0) is 21.3. The number of nitrogens with one attached hydrogen (secondary N) is 1. The zero-order valence-electron chi connectivity index (χ0n) is 17.2. The van der Waals surface area contributed by atoms with Gasteiger partial charge in [-0.25, -0.2) is 9.78 Å². The summed E-state index contributed by atoms with van der Waals surface area (Å²) in [7, 11) is 1.61. The molecule has 1 N–H and O–H groups in total. The zero-order valence-corrected chi connectivity index (χ0v) is 17.2. The minimum atomic E-state index is -0.478. The highest BCUT2D eigenvalue weighted by molar-refractivity contribution is 6.02. The number of ketones is 1. The van der Waals surface area contributed by atoms with Crippen LogP contribution in [-0.2, 0) is 13.0 Å². The molecule has 1 aromatic carbocycles. The topological polar surface area (TPSA) is 94.0 Å². The van der Waals surface area contributed by atoms with E-state index in [1.807, 2.05) is 24.3 Å². The number of hydrogen-bond acceptors (Lipinski definition) is 5. The predicted octanol–water partition coefficient (Wildman–Crippen LogP) is 3.20.